The normalized spacial score (nSPS) is 14.4. The Morgan fingerprint density at radius 3 is 1.96 bits per heavy atom. The maximum Gasteiger partial charge on any atom is 0.257 e. The Morgan fingerprint density at radius 1 is 0.815 bits per heavy atom. The quantitative estimate of drug-likeness (QED) is 0.718. The van der Waals surface area contributed by atoms with Gasteiger partial charge in [0.2, 0.25) is 0 Å². The largest absolute Gasteiger partial charge is 0.368 e. The molecule has 0 bridgehead atoms. The highest BCUT2D eigenvalue weighted by Gasteiger charge is 2.27. The number of piperazine rings is 1. The number of hydrogen-bond acceptors (Lipinski definition) is 3. The number of hydrogen-bond donors (Lipinski definition) is 0. The molecule has 1 amide bonds. The van der Waals surface area contributed by atoms with E-state index < -0.39 is 0 Å². The molecule has 0 unspecified atom stereocenters. The molecule has 4 rings (SSSR count). The summed E-state index contributed by atoms with van der Waals surface area (Å²) < 4.78 is 1.86. The molecule has 2 heterocycles. The number of carbonyl (C=O) groups is 1. The van der Waals surface area contributed by atoms with E-state index in [4.69, 9.17) is 0 Å². The molecule has 5 heteroatoms. The fourth-order valence-electron chi connectivity index (χ4n) is 3.74. The first kappa shape index (κ1) is 17.3. The van der Waals surface area contributed by atoms with Gasteiger partial charge in [0, 0.05) is 31.9 Å². The van der Waals surface area contributed by atoms with Crippen molar-refractivity contribution in [2.45, 2.75) is 13.8 Å². The Morgan fingerprint density at radius 2 is 1.37 bits per heavy atom. The number of amides is 1. The molecule has 1 saturated heterocycles. The standard InChI is InChI=1S/C22H24N4O/c1-17-21(18(2)26(23-17)20-11-7-4-8-12-20)22(27)25-15-13-24(14-16-25)19-9-5-3-6-10-19/h3-12H,13-16H2,1-2H3. The Balaban J connectivity index is 1.52. The van der Waals surface area contributed by atoms with Crippen molar-refractivity contribution in [3.05, 3.63) is 77.6 Å². The van der Waals surface area contributed by atoms with Gasteiger partial charge in [-0.15, -0.1) is 0 Å². The van der Waals surface area contributed by atoms with E-state index in [1.165, 1.54) is 5.69 Å². The predicted octanol–water partition coefficient (Wildman–Crippen LogP) is 3.45. The first-order valence-electron chi connectivity index (χ1n) is 9.36. The number of nitrogens with zero attached hydrogens (tertiary/aromatic N) is 4. The molecule has 2 aromatic carbocycles. The summed E-state index contributed by atoms with van der Waals surface area (Å²) in [7, 11) is 0. The van der Waals surface area contributed by atoms with Gasteiger partial charge in [-0.1, -0.05) is 36.4 Å². The SMILES string of the molecule is Cc1nn(-c2ccccc2)c(C)c1C(=O)N1CCN(c2ccccc2)CC1. The Labute approximate surface area is 159 Å². The van der Waals surface area contributed by atoms with E-state index in [2.05, 4.69) is 34.3 Å². The van der Waals surface area contributed by atoms with Crippen LogP contribution in [0.1, 0.15) is 21.7 Å². The molecule has 5 nitrogen and oxygen atoms in total. The molecule has 0 aliphatic carbocycles. The minimum atomic E-state index is 0.0832. The zero-order valence-corrected chi connectivity index (χ0v) is 15.8. The van der Waals surface area contributed by atoms with Gasteiger partial charge >= 0.3 is 0 Å². The van der Waals surface area contributed by atoms with Crippen molar-refractivity contribution in [1.82, 2.24) is 14.7 Å². The molecule has 1 aliphatic rings. The smallest absolute Gasteiger partial charge is 0.257 e. The predicted molar refractivity (Wildman–Crippen MR) is 108 cm³/mol. The number of aromatic nitrogens is 2. The maximum atomic E-state index is 13.2. The molecular weight excluding hydrogens is 336 g/mol. The highest BCUT2D eigenvalue weighted by atomic mass is 16.2. The molecule has 1 fully saturated rings. The van der Waals surface area contributed by atoms with E-state index in [1.54, 1.807) is 0 Å². The van der Waals surface area contributed by atoms with Gasteiger partial charge in [0.25, 0.3) is 5.91 Å². The number of anilines is 1. The van der Waals surface area contributed by atoms with Crippen LogP contribution in [0.5, 0.6) is 0 Å². The summed E-state index contributed by atoms with van der Waals surface area (Å²) >= 11 is 0. The Bertz CT molecular complexity index is 926. The van der Waals surface area contributed by atoms with E-state index in [9.17, 15) is 4.79 Å². The van der Waals surface area contributed by atoms with Crippen molar-refractivity contribution in [2.24, 2.45) is 0 Å². The highest BCUT2D eigenvalue weighted by molar-refractivity contribution is 5.96. The fraction of sp³-hybridized carbons (Fsp3) is 0.273. The number of benzene rings is 2. The third-order valence-electron chi connectivity index (χ3n) is 5.19. The molecule has 1 aromatic heterocycles. The van der Waals surface area contributed by atoms with E-state index in [1.807, 2.05) is 59.8 Å². The van der Waals surface area contributed by atoms with E-state index in [0.29, 0.717) is 0 Å². The molecule has 3 aromatic rings. The molecule has 0 atom stereocenters. The number of carbonyl (C=O) groups excluding carboxylic acids is 1. The third kappa shape index (κ3) is 3.33. The summed E-state index contributed by atoms with van der Waals surface area (Å²) in [5.41, 5.74) is 4.60. The topological polar surface area (TPSA) is 41.4 Å². The summed E-state index contributed by atoms with van der Waals surface area (Å²) in [4.78, 5) is 17.5. The Kier molecular flexibility index (Phi) is 4.67. The van der Waals surface area contributed by atoms with Crippen LogP contribution in [0.25, 0.3) is 5.69 Å². The lowest BCUT2D eigenvalue weighted by molar-refractivity contribution is 0.0745. The van der Waals surface area contributed by atoms with Crippen LogP contribution < -0.4 is 4.90 Å². The minimum absolute atomic E-state index is 0.0832. The summed E-state index contributed by atoms with van der Waals surface area (Å²) in [6.07, 6.45) is 0. The number of rotatable bonds is 3. The van der Waals surface area contributed by atoms with Crippen LogP contribution in [-0.2, 0) is 0 Å². The third-order valence-corrected chi connectivity index (χ3v) is 5.19. The minimum Gasteiger partial charge on any atom is -0.368 e. The van der Waals surface area contributed by atoms with E-state index >= 15 is 0 Å². The zero-order chi connectivity index (χ0) is 18.8. The van der Waals surface area contributed by atoms with Crippen LogP contribution in [0.4, 0.5) is 5.69 Å². The highest BCUT2D eigenvalue weighted by Crippen LogP contribution is 2.21. The fourth-order valence-corrected chi connectivity index (χ4v) is 3.74. The first-order chi connectivity index (χ1) is 13.1. The number of para-hydroxylation sites is 2. The molecular formula is C22H24N4O. The number of aryl methyl sites for hydroxylation is 1. The van der Waals surface area contributed by atoms with Crippen molar-refractivity contribution in [3.63, 3.8) is 0 Å². The van der Waals surface area contributed by atoms with Crippen LogP contribution >= 0.6 is 0 Å². The second-order valence-corrected chi connectivity index (χ2v) is 6.91. The molecule has 0 spiro atoms. The van der Waals surface area contributed by atoms with Gasteiger partial charge < -0.3 is 9.80 Å². The van der Waals surface area contributed by atoms with Crippen molar-refractivity contribution >= 4 is 11.6 Å². The van der Waals surface area contributed by atoms with Crippen molar-refractivity contribution < 1.29 is 4.79 Å². The second-order valence-electron chi connectivity index (χ2n) is 6.91. The Hall–Kier alpha value is -3.08. The van der Waals surface area contributed by atoms with Gasteiger partial charge in [0.05, 0.1) is 22.6 Å². The molecule has 0 N–H and O–H groups in total. The molecule has 1 aliphatic heterocycles. The summed E-state index contributed by atoms with van der Waals surface area (Å²) in [6.45, 7) is 7.04. The second kappa shape index (κ2) is 7.27. The van der Waals surface area contributed by atoms with Crippen molar-refractivity contribution in [3.8, 4) is 5.69 Å². The first-order valence-corrected chi connectivity index (χ1v) is 9.36. The lowest BCUT2D eigenvalue weighted by Gasteiger charge is -2.36. The van der Waals surface area contributed by atoms with E-state index in [0.717, 1.165) is 48.8 Å². The van der Waals surface area contributed by atoms with Crippen LogP contribution in [0.15, 0.2) is 60.7 Å². The van der Waals surface area contributed by atoms with Crippen LogP contribution in [-0.4, -0.2) is 46.8 Å². The summed E-state index contributed by atoms with van der Waals surface area (Å²) in [5, 5.41) is 4.62. The van der Waals surface area contributed by atoms with Gasteiger partial charge in [0.15, 0.2) is 0 Å². The molecule has 0 radical (unpaired) electrons. The van der Waals surface area contributed by atoms with Gasteiger partial charge in [-0.05, 0) is 38.1 Å². The lowest BCUT2D eigenvalue weighted by Crippen LogP contribution is -2.49. The zero-order valence-electron chi connectivity index (χ0n) is 15.8. The molecule has 27 heavy (non-hydrogen) atoms. The van der Waals surface area contributed by atoms with Gasteiger partial charge in [0.1, 0.15) is 0 Å². The van der Waals surface area contributed by atoms with Gasteiger partial charge in [-0.25, -0.2) is 4.68 Å². The van der Waals surface area contributed by atoms with E-state index in [-0.39, 0.29) is 5.91 Å². The molecule has 138 valence electrons. The summed E-state index contributed by atoms with van der Waals surface area (Å²) in [6, 6.07) is 20.3. The monoisotopic (exact) mass is 360 g/mol. The lowest BCUT2D eigenvalue weighted by atomic mass is 10.1. The summed E-state index contributed by atoms with van der Waals surface area (Å²) in [5.74, 6) is 0.0832. The van der Waals surface area contributed by atoms with Gasteiger partial charge in [-0.3, -0.25) is 4.79 Å². The van der Waals surface area contributed by atoms with Crippen molar-refractivity contribution in [2.75, 3.05) is 31.1 Å². The average molecular weight is 360 g/mol. The van der Waals surface area contributed by atoms with Gasteiger partial charge in [-0.2, -0.15) is 5.10 Å². The average Bonchev–Trinajstić information content (AvgIpc) is 3.03. The van der Waals surface area contributed by atoms with Crippen LogP contribution in [0, 0.1) is 13.8 Å². The van der Waals surface area contributed by atoms with Crippen molar-refractivity contribution in [1.29, 1.82) is 0 Å². The maximum absolute atomic E-state index is 13.2. The van der Waals surface area contributed by atoms with Crippen LogP contribution in [0.3, 0.4) is 0 Å². The van der Waals surface area contributed by atoms with Crippen LogP contribution in [0.2, 0.25) is 0 Å². The molecule has 0 saturated carbocycles.